The third kappa shape index (κ3) is 3.53. The molecule has 0 bridgehead atoms. The molecule has 0 radical (unpaired) electrons. The molecular weight excluding hydrogens is 286 g/mol. The quantitative estimate of drug-likeness (QED) is 0.748. The Morgan fingerprint density at radius 2 is 2.18 bits per heavy atom. The van der Waals surface area contributed by atoms with E-state index in [0.29, 0.717) is 24.1 Å². The molecule has 0 saturated heterocycles. The Kier molecular flexibility index (Phi) is 4.50. The molecule has 2 N–H and O–H groups in total. The summed E-state index contributed by atoms with van der Waals surface area (Å²) in [5, 5.41) is 14.1. The van der Waals surface area contributed by atoms with Gasteiger partial charge >= 0.3 is 0 Å². The summed E-state index contributed by atoms with van der Waals surface area (Å²) in [6.45, 7) is 1.67. The molecule has 1 aliphatic heterocycles. The first kappa shape index (κ1) is 14.3. The van der Waals surface area contributed by atoms with Gasteiger partial charge in [0.25, 0.3) is 0 Å². The molecule has 22 heavy (non-hydrogen) atoms. The SMILES string of the molecule is COCCCNc1nncc(Nc2ccc3c(c2)OCO3)n1. The van der Waals surface area contributed by atoms with Gasteiger partial charge in [-0.25, -0.2) is 0 Å². The van der Waals surface area contributed by atoms with Crippen molar-refractivity contribution >= 4 is 17.5 Å². The van der Waals surface area contributed by atoms with Crippen molar-refractivity contribution in [2.45, 2.75) is 6.42 Å². The molecule has 0 unspecified atom stereocenters. The molecule has 2 aromatic rings. The molecule has 8 nitrogen and oxygen atoms in total. The summed E-state index contributed by atoms with van der Waals surface area (Å²) in [4.78, 5) is 4.35. The third-order valence-electron chi connectivity index (χ3n) is 3.01. The van der Waals surface area contributed by atoms with Crippen molar-refractivity contribution in [3.05, 3.63) is 24.4 Å². The first-order valence-electron chi connectivity index (χ1n) is 6.94. The van der Waals surface area contributed by atoms with Crippen molar-refractivity contribution in [2.75, 3.05) is 37.7 Å². The minimum atomic E-state index is 0.253. The van der Waals surface area contributed by atoms with Crippen LogP contribution in [0.3, 0.4) is 0 Å². The highest BCUT2D eigenvalue weighted by Gasteiger charge is 2.13. The van der Waals surface area contributed by atoms with E-state index in [0.717, 1.165) is 24.4 Å². The number of benzene rings is 1. The van der Waals surface area contributed by atoms with E-state index in [4.69, 9.17) is 14.2 Å². The molecule has 0 spiro atoms. The summed E-state index contributed by atoms with van der Waals surface area (Å²) in [5.74, 6) is 2.53. The Hall–Kier alpha value is -2.61. The zero-order valence-electron chi connectivity index (χ0n) is 12.2. The first-order chi connectivity index (χ1) is 10.8. The number of hydrogen-bond donors (Lipinski definition) is 2. The Morgan fingerprint density at radius 1 is 1.27 bits per heavy atom. The van der Waals surface area contributed by atoms with Crippen LogP contribution >= 0.6 is 0 Å². The van der Waals surface area contributed by atoms with Crippen LogP contribution in [-0.2, 0) is 4.74 Å². The molecule has 1 aliphatic rings. The summed E-state index contributed by atoms with van der Waals surface area (Å²) in [7, 11) is 1.67. The van der Waals surface area contributed by atoms with Crippen molar-refractivity contribution in [3.8, 4) is 11.5 Å². The fourth-order valence-electron chi connectivity index (χ4n) is 1.98. The van der Waals surface area contributed by atoms with Gasteiger partial charge in [0.2, 0.25) is 12.7 Å². The monoisotopic (exact) mass is 303 g/mol. The van der Waals surface area contributed by atoms with E-state index in [-0.39, 0.29) is 6.79 Å². The maximum absolute atomic E-state index is 5.34. The maximum Gasteiger partial charge on any atom is 0.244 e. The predicted molar refractivity (Wildman–Crippen MR) is 80.7 cm³/mol. The van der Waals surface area contributed by atoms with Crippen LogP contribution in [0.1, 0.15) is 6.42 Å². The zero-order chi connectivity index (χ0) is 15.2. The molecule has 2 heterocycles. The van der Waals surface area contributed by atoms with Crippen LogP contribution in [0.2, 0.25) is 0 Å². The van der Waals surface area contributed by atoms with Crippen molar-refractivity contribution in [2.24, 2.45) is 0 Å². The molecule has 0 atom stereocenters. The summed E-state index contributed by atoms with van der Waals surface area (Å²) in [5.41, 5.74) is 0.843. The highest BCUT2D eigenvalue weighted by Crippen LogP contribution is 2.34. The van der Waals surface area contributed by atoms with E-state index in [9.17, 15) is 0 Å². The average molecular weight is 303 g/mol. The molecular formula is C14H17N5O3. The Bertz CT molecular complexity index is 638. The highest BCUT2D eigenvalue weighted by atomic mass is 16.7. The summed E-state index contributed by atoms with van der Waals surface area (Å²) >= 11 is 0. The number of fused-ring (bicyclic) bond motifs is 1. The number of ether oxygens (including phenoxy) is 3. The van der Waals surface area contributed by atoms with Gasteiger partial charge in [0.1, 0.15) is 0 Å². The van der Waals surface area contributed by atoms with Gasteiger partial charge < -0.3 is 24.8 Å². The highest BCUT2D eigenvalue weighted by molar-refractivity contribution is 5.61. The van der Waals surface area contributed by atoms with E-state index in [1.165, 1.54) is 0 Å². The lowest BCUT2D eigenvalue weighted by molar-refractivity contribution is 0.174. The van der Waals surface area contributed by atoms with E-state index in [1.807, 2.05) is 18.2 Å². The maximum atomic E-state index is 5.34. The normalized spacial score (nSPS) is 12.2. The second-order valence-corrected chi connectivity index (χ2v) is 4.63. The van der Waals surface area contributed by atoms with Crippen LogP contribution in [-0.4, -0.2) is 42.2 Å². The smallest absolute Gasteiger partial charge is 0.244 e. The molecule has 116 valence electrons. The van der Waals surface area contributed by atoms with Gasteiger partial charge in [-0.3, -0.25) is 0 Å². The van der Waals surface area contributed by atoms with E-state index < -0.39 is 0 Å². The lowest BCUT2D eigenvalue weighted by atomic mass is 10.3. The molecule has 1 aromatic carbocycles. The molecule has 3 rings (SSSR count). The Morgan fingerprint density at radius 3 is 3.09 bits per heavy atom. The van der Waals surface area contributed by atoms with Gasteiger partial charge in [-0.05, 0) is 18.6 Å². The van der Waals surface area contributed by atoms with Crippen molar-refractivity contribution < 1.29 is 14.2 Å². The minimum Gasteiger partial charge on any atom is -0.454 e. The van der Waals surface area contributed by atoms with Crippen LogP contribution in [0, 0.1) is 0 Å². The van der Waals surface area contributed by atoms with Crippen LogP contribution in [0.5, 0.6) is 11.5 Å². The summed E-state index contributed by atoms with van der Waals surface area (Å²) in [6.07, 6.45) is 2.44. The van der Waals surface area contributed by atoms with Gasteiger partial charge in [0, 0.05) is 32.0 Å². The molecule has 0 saturated carbocycles. The van der Waals surface area contributed by atoms with Crippen LogP contribution in [0.4, 0.5) is 17.5 Å². The topological polar surface area (TPSA) is 90.4 Å². The fourth-order valence-corrected chi connectivity index (χ4v) is 1.98. The number of hydrogen-bond acceptors (Lipinski definition) is 8. The zero-order valence-corrected chi connectivity index (χ0v) is 12.2. The third-order valence-corrected chi connectivity index (χ3v) is 3.01. The van der Waals surface area contributed by atoms with Crippen molar-refractivity contribution in [1.29, 1.82) is 0 Å². The predicted octanol–water partition coefficient (Wildman–Crippen LogP) is 1.79. The van der Waals surface area contributed by atoms with Gasteiger partial charge in [-0.2, -0.15) is 10.1 Å². The number of rotatable bonds is 7. The molecule has 0 fully saturated rings. The van der Waals surface area contributed by atoms with Crippen LogP contribution in [0.25, 0.3) is 0 Å². The summed E-state index contributed by atoms with van der Waals surface area (Å²) in [6, 6.07) is 5.60. The van der Waals surface area contributed by atoms with Crippen molar-refractivity contribution in [1.82, 2.24) is 15.2 Å². The average Bonchev–Trinajstić information content (AvgIpc) is 3.00. The Labute approximate surface area is 127 Å². The second kappa shape index (κ2) is 6.90. The van der Waals surface area contributed by atoms with E-state index in [1.54, 1.807) is 13.3 Å². The minimum absolute atomic E-state index is 0.253. The lowest BCUT2D eigenvalue weighted by Crippen LogP contribution is -2.09. The standard InChI is InChI=1S/C14H17N5O3/c1-20-6-2-5-15-14-18-13(8-16-19-14)17-10-3-4-11-12(7-10)22-9-21-11/h3-4,7-8H,2,5-6,9H2,1H3,(H2,15,17,18,19). The lowest BCUT2D eigenvalue weighted by Gasteiger charge is -2.08. The van der Waals surface area contributed by atoms with E-state index >= 15 is 0 Å². The van der Waals surface area contributed by atoms with Gasteiger partial charge in [0.05, 0.1) is 6.20 Å². The van der Waals surface area contributed by atoms with Crippen molar-refractivity contribution in [3.63, 3.8) is 0 Å². The van der Waals surface area contributed by atoms with Crippen LogP contribution in [0.15, 0.2) is 24.4 Å². The summed E-state index contributed by atoms with van der Waals surface area (Å²) < 4.78 is 15.6. The molecule has 1 aromatic heterocycles. The molecule has 8 heteroatoms. The number of anilines is 3. The van der Waals surface area contributed by atoms with Gasteiger partial charge in [-0.15, -0.1) is 5.10 Å². The van der Waals surface area contributed by atoms with Gasteiger partial charge in [-0.1, -0.05) is 0 Å². The Balaban J connectivity index is 1.62. The van der Waals surface area contributed by atoms with E-state index in [2.05, 4.69) is 25.8 Å². The number of methoxy groups -OCH3 is 1. The fraction of sp³-hybridized carbons (Fsp3) is 0.357. The molecule has 0 amide bonds. The number of nitrogens with one attached hydrogen (secondary N) is 2. The largest absolute Gasteiger partial charge is 0.454 e. The molecule has 0 aliphatic carbocycles. The number of nitrogens with zero attached hydrogens (tertiary/aromatic N) is 3. The first-order valence-corrected chi connectivity index (χ1v) is 6.94. The second-order valence-electron chi connectivity index (χ2n) is 4.63. The number of aromatic nitrogens is 3. The van der Waals surface area contributed by atoms with Gasteiger partial charge in [0.15, 0.2) is 17.3 Å². The van der Waals surface area contributed by atoms with Crippen LogP contribution < -0.4 is 20.1 Å².